The molecule has 0 bridgehead atoms. The van der Waals surface area contributed by atoms with Gasteiger partial charge in [0, 0.05) is 48.0 Å². The van der Waals surface area contributed by atoms with Crippen LogP contribution in [0.15, 0.2) is 52.5 Å². The van der Waals surface area contributed by atoms with Gasteiger partial charge in [-0.15, -0.1) is 0 Å². The van der Waals surface area contributed by atoms with Gasteiger partial charge in [-0.3, -0.25) is 9.78 Å². The van der Waals surface area contributed by atoms with E-state index in [9.17, 15) is 4.79 Å². The topological polar surface area (TPSA) is 133 Å². The summed E-state index contributed by atoms with van der Waals surface area (Å²) in [6, 6.07) is 5.67. The molecule has 9 heteroatoms. The molecule has 1 amide bonds. The summed E-state index contributed by atoms with van der Waals surface area (Å²) in [5, 5.41) is 8.44. The van der Waals surface area contributed by atoms with Crippen LogP contribution in [0.1, 0.15) is 43.0 Å². The van der Waals surface area contributed by atoms with Gasteiger partial charge in [0.1, 0.15) is 11.6 Å². The Kier molecular flexibility index (Phi) is 5.08. The number of nitrogens with zero attached hydrogens (tertiary/aromatic N) is 5. The molecule has 3 N–H and O–H groups in total. The lowest BCUT2D eigenvalue weighted by molar-refractivity contribution is -0.112. The van der Waals surface area contributed by atoms with Crippen LogP contribution < -0.4 is 11.1 Å². The van der Waals surface area contributed by atoms with Gasteiger partial charge in [-0.1, -0.05) is 10.7 Å². The molecule has 4 aromatic heterocycles. The highest BCUT2D eigenvalue weighted by Crippen LogP contribution is 2.41. The van der Waals surface area contributed by atoms with E-state index in [0.717, 1.165) is 46.0 Å². The molecule has 0 aromatic carbocycles. The van der Waals surface area contributed by atoms with Crippen LogP contribution in [0.4, 0.5) is 11.6 Å². The number of fused-ring (bicyclic) bond motifs is 1. The number of nitrogen functional groups attached to an aromatic ring is 1. The summed E-state index contributed by atoms with van der Waals surface area (Å²) < 4.78 is 5.05. The minimum atomic E-state index is -0.176. The molecule has 4 aromatic rings. The van der Waals surface area contributed by atoms with E-state index >= 15 is 0 Å². The number of carbonyl (C=O) groups excluding carboxylic acids is 1. The highest BCUT2D eigenvalue weighted by atomic mass is 16.5. The summed E-state index contributed by atoms with van der Waals surface area (Å²) in [5.41, 5.74) is 10.7. The molecule has 1 fully saturated rings. The highest BCUT2D eigenvalue weighted by molar-refractivity contribution is 6.04. The first-order valence-corrected chi connectivity index (χ1v) is 10.7. The average Bonchev–Trinajstić information content (AvgIpc) is 3.18. The molecular formula is C24H23N7O2. The molecule has 166 valence electrons. The highest BCUT2D eigenvalue weighted by Gasteiger charge is 2.31. The molecule has 0 aliphatic heterocycles. The Morgan fingerprint density at radius 3 is 2.73 bits per heavy atom. The Bertz CT molecular complexity index is 1420. The van der Waals surface area contributed by atoms with Crippen molar-refractivity contribution in [2.45, 2.75) is 39.5 Å². The van der Waals surface area contributed by atoms with Crippen molar-refractivity contribution in [2.24, 2.45) is 0 Å². The SMILES string of the molecule is CC(C(=O)Nc1cc2cc(-c3cnccc3C)nc(N)c2cn1)=C1CC(c2noc(C)n2)C1. The third-order valence-corrected chi connectivity index (χ3v) is 6.07. The Hall–Kier alpha value is -4.14. The van der Waals surface area contributed by atoms with Crippen molar-refractivity contribution in [2.75, 3.05) is 11.1 Å². The molecule has 0 unspecified atom stereocenters. The van der Waals surface area contributed by atoms with E-state index in [0.29, 0.717) is 28.9 Å². The molecule has 9 nitrogen and oxygen atoms in total. The largest absolute Gasteiger partial charge is 0.383 e. The molecule has 1 aliphatic carbocycles. The average molecular weight is 441 g/mol. The zero-order valence-corrected chi connectivity index (χ0v) is 18.6. The Balaban J connectivity index is 1.36. The molecule has 0 spiro atoms. The predicted molar refractivity (Wildman–Crippen MR) is 124 cm³/mol. The van der Waals surface area contributed by atoms with Gasteiger partial charge < -0.3 is 15.6 Å². The molecule has 0 atom stereocenters. The van der Waals surface area contributed by atoms with Gasteiger partial charge in [0.15, 0.2) is 5.82 Å². The Morgan fingerprint density at radius 2 is 2.00 bits per heavy atom. The number of rotatable bonds is 4. The first kappa shape index (κ1) is 20.7. The first-order valence-electron chi connectivity index (χ1n) is 10.7. The van der Waals surface area contributed by atoms with Gasteiger partial charge in [-0.2, -0.15) is 4.98 Å². The van der Waals surface area contributed by atoms with E-state index in [1.165, 1.54) is 0 Å². The number of hydrogen-bond acceptors (Lipinski definition) is 8. The summed E-state index contributed by atoms with van der Waals surface area (Å²) >= 11 is 0. The molecule has 0 saturated heterocycles. The van der Waals surface area contributed by atoms with Crippen molar-refractivity contribution in [3.8, 4) is 11.3 Å². The summed E-state index contributed by atoms with van der Waals surface area (Å²) in [6.07, 6.45) is 6.64. The molecule has 0 radical (unpaired) electrons. The third kappa shape index (κ3) is 3.93. The normalized spacial score (nSPS) is 15.4. The number of aryl methyl sites for hydroxylation is 2. The fourth-order valence-corrected chi connectivity index (χ4v) is 3.99. The van der Waals surface area contributed by atoms with Crippen LogP contribution in [0, 0.1) is 13.8 Å². The maximum Gasteiger partial charge on any atom is 0.252 e. The summed E-state index contributed by atoms with van der Waals surface area (Å²) in [4.78, 5) is 30.2. The molecule has 5 rings (SSSR count). The van der Waals surface area contributed by atoms with Crippen molar-refractivity contribution in [1.82, 2.24) is 25.1 Å². The van der Waals surface area contributed by atoms with Crippen molar-refractivity contribution < 1.29 is 9.32 Å². The van der Waals surface area contributed by atoms with E-state index in [1.807, 2.05) is 32.0 Å². The van der Waals surface area contributed by atoms with Crippen LogP contribution >= 0.6 is 0 Å². The third-order valence-electron chi connectivity index (χ3n) is 6.07. The Morgan fingerprint density at radius 1 is 1.18 bits per heavy atom. The number of nitrogens with two attached hydrogens (primary N) is 1. The van der Waals surface area contributed by atoms with Crippen molar-refractivity contribution in [3.63, 3.8) is 0 Å². The number of aromatic nitrogens is 5. The molecular weight excluding hydrogens is 418 g/mol. The zero-order valence-electron chi connectivity index (χ0n) is 18.6. The van der Waals surface area contributed by atoms with E-state index in [1.54, 1.807) is 25.5 Å². The minimum absolute atomic E-state index is 0.176. The van der Waals surface area contributed by atoms with Crippen LogP contribution in [0.5, 0.6) is 0 Å². The minimum Gasteiger partial charge on any atom is -0.383 e. The summed E-state index contributed by atoms with van der Waals surface area (Å²) in [6.45, 7) is 5.60. The quantitative estimate of drug-likeness (QED) is 0.452. The number of anilines is 2. The van der Waals surface area contributed by atoms with Gasteiger partial charge >= 0.3 is 0 Å². The van der Waals surface area contributed by atoms with Crippen molar-refractivity contribution in [3.05, 3.63) is 65.2 Å². The fraction of sp³-hybridized carbons (Fsp3) is 0.250. The van der Waals surface area contributed by atoms with E-state index in [2.05, 4.69) is 30.4 Å². The standard InChI is InChI=1S/C24H23N7O2/c1-12-4-5-26-10-18(12)20-8-16-9-21(27-11-19(16)22(25)29-20)30-24(32)13(2)15-6-17(7-15)23-28-14(3)33-31-23/h4-5,8-11,17H,6-7H2,1-3H3,(H2,25,29)(H,27,30,32). The number of amides is 1. The van der Waals surface area contributed by atoms with Gasteiger partial charge in [0.2, 0.25) is 5.89 Å². The van der Waals surface area contributed by atoms with Gasteiger partial charge in [0.05, 0.1) is 5.69 Å². The van der Waals surface area contributed by atoms with Crippen molar-refractivity contribution >= 4 is 28.3 Å². The second kappa shape index (κ2) is 8.09. The van der Waals surface area contributed by atoms with Crippen LogP contribution in [0.25, 0.3) is 22.0 Å². The predicted octanol–water partition coefficient (Wildman–Crippen LogP) is 4.11. The number of hydrogen-bond donors (Lipinski definition) is 2. The zero-order chi connectivity index (χ0) is 23.1. The van der Waals surface area contributed by atoms with Crippen LogP contribution in [0.2, 0.25) is 0 Å². The lowest BCUT2D eigenvalue weighted by Gasteiger charge is -2.28. The first-order chi connectivity index (χ1) is 15.9. The number of nitrogens with one attached hydrogen (secondary N) is 1. The second-order valence-corrected chi connectivity index (χ2v) is 8.33. The van der Waals surface area contributed by atoms with Crippen LogP contribution in [0.3, 0.4) is 0 Å². The summed E-state index contributed by atoms with van der Waals surface area (Å²) in [5.74, 6) is 2.11. The lowest BCUT2D eigenvalue weighted by Crippen LogP contribution is -2.21. The monoisotopic (exact) mass is 441 g/mol. The van der Waals surface area contributed by atoms with Crippen LogP contribution in [-0.4, -0.2) is 31.0 Å². The smallest absolute Gasteiger partial charge is 0.252 e. The molecule has 33 heavy (non-hydrogen) atoms. The maximum atomic E-state index is 12.8. The van der Waals surface area contributed by atoms with E-state index < -0.39 is 0 Å². The van der Waals surface area contributed by atoms with Gasteiger partial charge in [0.25, 0.3) is 5.91 Å². The number of pyridine rings is 3. The van der Waals surface area contributed by atoms with E-state index in [-0.39, 0.29) is 11.8 Å². The van der Waals surface area contributed by atoms with E-state index in [4.69, 9.17) is 10.3 Å². The summed E-state index contributed by atoms with van der Waals surface area (Å²) in [7, 11) is 0. The molecule has 1 saturated carbocycles. The van der Waals surface area contributed by atoms with Crippen LogP contribution in [-0.2, 0) is 4.79 Å². The lowest BCUT2D eigenvalue weighted by atomic mass is 9.77. The molecule has 4 heterocycles. The second-order valence-electron chi connectivity index (χ2n) is 8.33. The number of allylic oxidation sites excluding steroid dienone is 1. The fourth-order valence-electron chi connectivity index (χ4n) is 3.99. The van der Waals surface area contributed by atoms with Gasteiger partial charge in [-0.05, 0) is 55.8 Å². The van der Waals surface area contributed by atoms with Gasteiger partial charge in [-0.25, -0.2) is 9.97 Å². The number of carbonyl (C=O) groups is 1. The Labute approximate surface area is 190 Å². The molecule has 1 aliphatic rings. The maximum absolute atomic E-state index is 12.8. The van der Waals surface area contributed by atoms with Crippen molar-refractivity contribution in [1.29, 1.82) is 0 Å².